The largest absolute Gasteiger partial charge is 0.416 e. The Balaban J connectivity index is 2.66. The second kappa shape index (κ2) is 3.72. The van der Waals surface area contributed by atoms with E-state index in [9.17, 15) is 18.0 Å². The van der Waals surface area contributed by atoms with Crippen molar-refractivity contribution in [2.24, 2.45) is 0 Å². The van der Waals surface area contributed by atoms with E-state index in [0.29, 0.717) is 0 Å². The summed E-state index contributed by atoms with van der Waals surface area (Å²) in [6.45, 7) is 1.28. The van der Waals surface area contributed by atoms with Gasteiger partial charge in [0.2, 0.25) is 0 Å². The van der Waals surface area contributed by atoms with Gasteiger partial charge in [0, 0.05) is 0 Å². The highest BCUT2D eigenvalue weighted by Gasteiger charge is 2.33. The number of H-pyrrole nitrogens is 1. The van der Waals surface area contributed by atoms with Crippen molar-refractivity contribution in [1.29, 1.82) is 0 Å². The molecule has 0 saturated carbocycles. The second-order valence-electron chi connectivity index (χ2n) is 3.37. The van der Waals surface area contributed by atoms with E-state index < -0.39 is 17.4 Å². The first-order valence-electron chi connectivity index (χ1n) is 4.59. The molecule has 0 radical (unpaired) electrons. The zero-order valence-electron chi connectivity index (χ0n) is 8.62. The van der Waals surface area contributed by atoms with E-state index in [-0.39, 0.29) is 11.3 Å². The summed E-state index contributed by atoms with van der Waals surface area (Å²) in [6.07, 6.45) is -4.46. The lowest BCUT2D eigenvalue weighted by atomic mass is 10.1. The summed E-state index contributed by atoms with van der Waals surface area (Å²) in [6, 6.07) is 3.53. The van der Waals surface area contributed by atoms with Crippen molar-refractivity contribution in [2.45, 2.75) is 13.1 Å². The molecule has 2 aromatic rings. The van der Waals surface area contributed by atoms with Gasteiger partial charge in [-0.2, -0.15) is 17.9 Å². The minimum Gasteiger partial charge on any atom is -0.244 e. The van der Waals surface area contributed by atoms with Crippen molar-refractivity contribution in [1.82, 2.24) is 20.2 Å². The van der Waals surface area contributed by atoms with E-state index >= 15 is 0 Å². The number of aromatic nitrogens is 4. The molecule has 0 fully saturated rings. The standard InChI is InChI=1S/C9H7F3N4O/c1-5-6(9(10,11)12)3-2-4-7(5)16-8(17)13-14-15-16/h2-4H,1H3,(H,13,15,17). The summed E-state index contributed by atoms with van der Waals surface area (Å²) < 4.78 is 38.7. The molecule has 5 nitrogen and oxygen atoms in total. The molecule has 1 N–H and O–H groups in total. The number of hydrogen-bond acceptors (Lipinski definition) is 3. The second-order valence-corrected chi connectivity index (χ2v) is 3.37. The third-order valence-electron chi connectivity index (χ3n) is 2.31. The van der Waals surface area contributed by atoms with Crippen LogP contribution in [0.4, 0.5) is 13.2 Å². The Labute approximate surface area is 92.9 Å². The van der Waals surface area contributed by atoms with Crippen LogP contribution >= 0.6 is 0 Å². The Hall–Kier alpha value is -2.12. The van der Waals surface area contributed by atoms with Crippen molar-refractivity contribution in [2.75, 3.05) is 0 Å². The average Bonchev–Trinajstić information content (AvgIpc) is 2.63. The van der Waals surface area contributed by atoms with E-state index in [0.717, 1.165) is 10.7 Å². The predicted molar refractivity (Wildman–Crippen MR) is 51.7 cm³/mol. The van der Waals surface area contributed by atoms with Crippen LogP contribution in [0.2, 0.25) is 0 Å². The maximum absolute atomic E-state index is 12.6. The lowest BCUT2D eigenvalue weighted by molar-refractivity contribution is -0.138. The smallest absolute Gasteiger partial charge is 0.244 e. The molecule has 0 spiro atoms. The topological polar surface area (TPSA) is 63.6 Å². The van der Waals surface area contributed by atoms with Crippen LogP contribution in [-0.2, 0) is 6.18 Å². The van der Waals surface area contributed by atoms with Gasteiger partial charge in [0.25, 0.3) is 0 Å². The molecule has 1 heterocycles. The van der Waals surface area contributed by atoms with Gasteiger partial charge < -0.3 is 0 Å². The van der Waals surface area contributed by atoms with Crippen LogP contribution in [-0.4, -0.2) is 20.2 Å². The number of halogens is 3. The summed E-state index contributed by atoms with van der Waals surface area (Å²) in [4.78, 5) is 11.2. The van der Waals surface area contributed by atoms with E-state index in [1.54, 1.807) is 0 Å². The maximum Gasteiger partial charge on any atom is 0.416 e. The molecule has 8 heteroatoms. The Morgan fingerprint density at radius 3 is 2.59 bits per heavy atom. The van der Waals surface area contributed by atoms with Crippen molar-refractivity contribution >= 4 is 0 Å². The van der Waals surface area contributed by atoms with Gasteiger partial charge in [-0.15, -0.1) is 0 Å². The highest BCUT2D eigenvalue weighted by Crippen LogP contribution is 2.33. The van der Waals surface area contributed by atoms with Gasteiger partial charge in [0.15, 0.2) is 0 Å². The fraction of sp³-hybridized carbons (Fsp3) is 0.222. The lowest BCUT2D eigenvalue weighted by Gasteiger charge is -2.12. The van der Waals surface area contributed by atoms with Gasteiger partial charge in [-0.3, -0.25) is 0 Å². The summed E-state index contributed by atoms with van der Waals surface area (Å²) in [7, 11) is 0. The van der Waals surface area contributed by atoms with Crippen LogP contribution in [0.25, 0.3) is 5.69 Å². The third-order valence-corrected chi connectivity index (χ3v) is 2.31. The van der Waals surface area contributed by atoms with Crippen molar-refractivity contribution in [3.8, 4) is 5.69 Å². The summed E-state index contributed by atoms with van der Waals surface area (Å²) in [5, 5.41) is 8.64. The highest BCUT2D eigenvalue weighted by atomic mass is 19.4. The van der Waals surface area contributed by atoms with E-state index in [4.69, 9.17) is 0 Å². The molecule has 90 valence electrons. The molecule has 0 bridgehead atoms. The summed E-state index contributed by atoms with van der Waals surface area (Å²) >= 11 is 0. The first-order chi connectivity index (χ1) is 7.91. The molecular formula is C9H7F3N4O. The minimum atomic E-state index is -4.46. The molecule has 1 aromatic carbocycles. The van der Waals surface area contributed by atoms with Crippen LogP contribution in [0.3, 0.4) is 0 Å². The monoisotopic (exact) mass is 244 g/mol. The van der Waals surface area contributed by atoms with Gasteiger partial charge in [-0.1, -0.05) is 6.07 Å². The van der Waals surface area contributed by atoms with Crippen molar-refractivity contribution in [3.63, 3.8) is 0 Å². The summed E-state index contributed by atoms with van der Waals surface area (Å²) in [5.41, 5.74) is -1.51. The van der Waals surface area contributed by atoms with Gasteiger partial charge in [-0.25, -0.2) is 9.89 Å². The lowest BCUT2D eigenvalue weighted by Crippen LogP contribution is -2.19. The quantitative estimate of drug-likeness (QED) is 0.821. The molecule has 0 saturated heterocycles. The van der Waals surface area contributed by atoms with Crippen molar-refractivity contribution < 1.29 is 13.2 Å². The fourth-order valence-electron chi connectivity index (χ4n) is 1.52. The number of hydrogen-bond donors (Lipinski definition) is 1. The molecule has 0 aliphatic carbocycles. The van der Waals surface area contributed by atoms with Crippen LogP contribution < -0.4 is 5.69 Å². The molecule has 1 aromatic heterocycles. The van der Waals surface area contributed by atoms with Crippen LogP contribution in [0.1, 0.15) is 11.1 Å². The number of aromatic amines is 1. The van der Waals surface area contributed by atoms with E-state index in [1.807, 2.05) is 5.10 Å². The van der Waals surface area contributed by atoms with Gasteiger partial charge in [-0.05, 0) is 35.0 Å². The van der Waals surface area contributed by atoms with Gasteiger partial charge in [0.05, 0.1) is 11.3 Å². The SMILES string of the molecule is Cc1c(-n2nn[nH]c2=O)cccc1C(F)(F)F. The molecule has 2 rings (SSSR count). The minimum absolute atomic E-state index is 0.0542. The van der Waals surface area contributed by atoms with Gasteiger partial charge >= 0.3 is 11.9 Å². The maximum atomic E-state index is 12.6. The average molecular weight is 244 g/mol. The molecular weight excluding hydrogens is 237 g/mol. The number of nitrogens with one attached hydrogen (secondary N) is 1. The molecule has 17 heavy (non-hydrogen) atoms. The number of rotatable bonds is 1. The number of tetrazole rings is 1. The van der Waals surface area contributed by atoms with Gasteiger partial charge in [0.1, 0.15) is 0 Å². The predicted octanol–water partition coefficient (Wildman–Crippen LogP) is 1.28. The number of nitrogens with zero attached hydrogens (tertiary/aromatic N) is 3. The van der Waals surface area contributed by atoms with Crippen molar-refractivity contribution in [3.05, 3.63) is 39.8 Å². The Morgan fingerprint density at radius 2 is 2.06 bits per heavy atom. The molecule has 0 unspecified atom stereocenters. The first-order valence-corrected chi connectivity index (χ1v) is 4.59. The van der Waals surface area contributed by atoms with E-state index in [1.165, 1.54) is 19.1 Å². The first kappa shape index (κ1) is 11.4. The van der Waals surface area contributed by atoms with Crippen LogP contribution in [0, 0.1) is 6.92 Å². The zero-order chi connectivity index (χ0) is 12.6. The number of alkyl halides is 3. The molecule has 0 atom stereocenters. The number of benzene rings is 1. The normalized spacial score (nSPS) is 11.8. The highest BCUT2D eigenvalue weighted by molar-refractivity contribution is 5.45. The Bertz CT molecular complexity index is 599. The molecule has 0 aliphatic rings. The molecule has 0 aliphatic heterocycles. The fourth-order valence-corrected chi connectivity index (χ4v) is 1.52. The molecule has 0 amide bonds. The van der Waals surface area contributed by atoms with E-state index in [2.05, 4.69) is 10.4 Å². The van der Waals surface area contributed by atoms with Crippen LogP contribution in [0.5, 0.6) is 0 Å². The Morgan fingerprint density at radius 1 is 1.35 bits per heavy atom. The third kappa shape index (κ3) is 1.93. The van der Waals surface area contributed by atoms with Crippen LogP contribution in [0.15, 0.2) is 23.0 Å². The summed E-state index contributed by atoms with van der Waals surface area (Å²) in [5.74, 6) is 0. The zero-order valence-corrected chi connectivity index (χ0v) is 8.62. The Kier molecular flexibility index (Phi) is 2.49.